The summed E-state index contributed by atoms with van der Waals surface area (Å²) in [7, 11) is 0.962. The third-order valence-corrected chi connectivity index (χ3v) is 15.5. The number of methoxy groups -OCH3 is 2. The summed E-state index contributed by atoms with van der Waals surface area (Å²) in [6.45, 7) is 14.7. The number of alkyl carbamates (subject to hydrolysis) is 1. The number of aliphatic hydroxyl groups is 1. The Morgan fingerprint density at radius 3 is 2.28 bits per heavy atom. The third kappa shape index (κ3) is 9.01. The highest BCUT2D eigenvalue weighted by atomic mass is 28.4. The normalized spacial score (nSPS) is 17.2. The van der Waals surface area contributed by atoms with Gasteiger partial charge in [-0.1, -0.05) is 69.3 Å². The number of aliphatic hydroxyl groups excluding tert-OH is 1. The largest absolute Gasteiger partial charge is 0.541 e. The zero-order valence-electron chi connectivity index (χ0n) is 32.7. The van der Waals surface area contributed by atoms with Crippen LogP contribution in [0.25, 0.3) is 11.1 Å². The average Bonchev–Trinajstić information content (AvgIpc) is 3.44. The molecule has 1 saturated heterocycles. The van der Waals surface area contributed by atoms with E-state index in [0.29, 0.717) is 43.4 Å². The molecule has 1 aliphatic carbocycles. The molecule has 3 atom stereocenters. The maximum atomic E-state index is 13.9. The number of amides is 1. The third-order valence-electron chi connectivity index (χ3n) is 11.2. The molecular weight excluding hydrogens is 687 g/mol. The number of carbonyl (C=O) groups is 1. The maximum Gasteiger partial charge on any atom is 0.407 e. The summed E-state index contributed by atoms with van der Waals surface area (Å²) in [5.41, 5.74) is 6.12. The maximum absolute atomic E-state index is 13.9. The fourth-order valence-electron chi connectivity index (χ4n) is 7.36. The minimum Gasteiger partial charge on any atom is -0.541 e. The Kier molecular flexibility index (Phi) is 13.1. The van der Waals surface area contributed by atoms with Crippen molar-refractivity contribution in [3.8, 4) is 34.4 Å². The topological polar surface area (TPSA) is 123 Å². The van der Waals surface area contributed by atoms with Crippen molar-refractivity contribution in [3.63, 3.8) is 0 Å². The molecule has 5 rings (SSSR count). The van der Waals surface area contributed by atoms with Gasteiger partial charge in [-0.25, -0.2) is 4.79 Å². The van der Waals surface area contributed by atoms with Crippen LogP contribution in [0.2, 0.25) is 18.1 Å². The van der Waals surface area contributed by atoms with Gasteiger partial charge in [0, 0.05) is 36.7 Å². The van der Waals surface area contributed by atoms with Crippen LogP contribution in [0, 0.1) is 18.3 Å². The molecule has 53 heavy (non-hydrogen) atoms. The molecule has 1 amide bonds. The Morgan fingerprint density at radius 2 is 1.70 bits per heavy atom. The van der Waals surface area contributed by atoms with Crippen LogP contribution in [0.5, 0.6) is 17.2 Å². The molecule has 11 heteroatoms. The molecule has 0 bridgehead atoms. The van der Waals surface area contributed by atoms with E-state index >= 15 is 0 Å². The van der Waals surface area contributed by atoms with Crippen LogP contribution in [0.1, 0.15) is 68.2 Å². The van der Waals surface area contributed by atoms with Gasteiger partial charge in [0.05, 0.1) is 39.0 Å². The number of nitriles is 1. The summed E-state index contributed by atoms with van der Waals surface area (Å²) in [5, 5.41) is 23.2. The van der Waals surface area contributed by atoms with Crippen LogP contribution in [0.15, 0.2) is 54.6 Å². The summed E-state index contributed by atoms with van der Waals surface area (Å²) in [6, 6.07) is 19.6. The Hall–Kier alpha value is -4.08. The fourth-order valence-corrected chi connectivity index (χ4v) is 8.37. The quantitative estimate of drug-likeness (QED) is 0.120. The van der Waals surface area contributed by atoms with Crippen LogP contribution < -0.4 is 19.2 Å². The monoisotopic (exact) mass is 743 g/mol. The zero-order chi connectivity index (χ0) is 38.3. The zero-order valence-corrected chi connectivity index (χ0v) is 33.7. The van der Waals surface area contributed by atoms with E-state index in [9.17, 15) is 15.2 Å². The second-order valence-electron chi connectivity index (χ2n) is 15.6. The summed E-state index contributed by atoms with van der Waals surface area (Å²) in [4.78, 5) is 16.0. The van der Waals surface area contributed by atoms with Crippen molar-refractivity contribution >= 4 is 14.4 Å². The number of nitrogens with one attached hydrogen (secondary N) is 1. The molecule has 2 aliphatic rings. The van der Waals surface area contributed by atoms with Crippen LogP contribution in [-0.4, -0.2) is 89.7 Å². The SMILES string of the molecule is COc1c(C[C@H](NC(=O)OCC2c3ccccc3-c3ccccc32)C(C#N)N2CCO[C@@H](CCCCO)C2)cc(O[Si](C)(C)C(C)(C)C)c(OC)c1C. The summed E-state index contributed by atoms with van der Waals surface area (Å²) < 4.78 is 30.8. The minimum atomic E-state index is -2.29. The van der Waals surface area contributed by atoms with Gasteiger partial charge in [0.25, 0.3) is 8.32 Å². The van der Waals surface area contributed by atoms with Gasteiger partial charge in [-0.2, -0.15) is 5.26 Å². The van der Waals surface area contributed by atoms with E-state index in [4.69, 9.17) is 23.4 Å². The Morgan fingerprint density at radius 1 is 1.06 bits per heavy atom. The lowest BCUT2D eigenvalue weighted by atomic mass is 9.95. The standard InChI is InChI=1S/C42H57N3O7Si/c1-28-39(48-5)29(24-38(40(28)49-6)52-53(7,8)42(2,3)4)23-36(37(25-43)45-20-22-50-30(26-45)15-13-14-21-46)44-41(47)51-27-35-33-18-11-9-16-31(33)32-17-10-12-19-34(32)35/h9-12,16-19,24,30,35-37,46H,13-15,20-23,26-27H2,1-8H3,(H,44,47)/t30-,36-,37?/m0/s1. The number of benzene rings is 3. The molecule has 286 valence electrons. The van der Waals surface area contributed by atoms with Crippen LogP contribution in [0.4, 0.5) is 4.79 Å². The number of rotatable bonds is 15. The number of morpholine rings is 1. The van der Waals surface area contributed by atoms with Gasteiger partial charge in [0.1, 0.15) is 24.1 Å². The molecule has 1 aliphatic heterocycles. The van der Waals surface area contributed by atoms with E-state index in [1.807, 2.05) is 37.3 Å². The van der Waals surface area contributed by atoms with Crippen molar-refractivity contribution < 1.29 is 33.3 Å². The van der Waals surface area contributed by atoms with Gasteiger partial charge in [0.2, 0.25) is 0 Å². The highest BCUT2D eigenvalue weighted by Gasteiger charge is 2.41. The van der Waals surface area contributed by atoms with Crippen molar-refractivity contribution in [1.29, 1.82) is 5.26 Å². The lowest BCUT2D eigenvalue weighted by Gasteiger charge is -2.39. The van der Waals surface area contributed by atoms with Crippen LogP contribution >= 0.6 is 0 Å². The first-order valence-electron chi connectivity index (χ1n) is 18.7. The van der Waals surface area contributed by atoms with Crippen molar-refractivity contribution in [2.45, 2.75) is 95.6 Å². The van der Waals surface area contributed by atoms with E-state index in [0.717, 1.165) is 46.2 Å². The fraction of sp³-hybridized carbons (Fsp3) is 0.524. The average molecular weight is 744 g/mol. The van der Waals surface area contributed by atoms with Crippen molar-refractivity contribution in [2.24, 2.45) is 0 Å². The van der Waals surface area contributed by atoms with E-state index in [-0.39, 0.29) is 36.7 Å². The van der Waals surface area contributed by atoms with Gasteiger partial charge in [-0.15, -0.1) is 0 Å². The lowest BCUT2D eigenvalue weighted by molar-refractivity contribution is -0.0446. The summed E-state index contributed by atoms with van der Waals surface area (Å²) >= 11 is 0. The van der Waals surface area contributed by atoms with E-state index in [2.05, 4.69) is 74.4 Å². The Balaban J connectivity index is 1.46. The van der Waals surface area contributed by atoms with Crippen LogP contribution in [0.3, 0.4) is 0 Å². The number of nitrogens with zero attached hydrogens (tertiary/aromatic N) is 2. The molecule has 1 unspecified atom stereocenters. The molecule has 3 aromatic rings. The van der Waals surface area contributed by atoms with Gasteiger partial charge in [-0.3, -0.25) is 4.90 Å². The number of fused-ring (bicyclic) bond motifs is 3. The lowest BCUT2D eigenvalue weighted by Crippen LogP contribution is -2.56. The molecule has 0 saturated carbocycles. The van der Waals surface area contributed by atoms with Gasteiger partial charge >= 0.3 is 6.09 Å². The van der Waals surface area contributed by atoms with E-state index in [1.165, 1.54) is 0 Å². The van der Waals surface area contributed by atoms with E-state index in [1.54, 1.807) is 14.2 Å². The Labute approximate surface area is 316 Å². The second kappa shape index (κ2) is 17.4. The summed E-state index contributed by atoms with van der Waals surface area (Å²) in [6.07, 6.45) is 1.91. The van der Waals surface area contributed by atoms with Crippen molar-refractivity contribution in [3.05, 3.63) is 76.9 Å². The molecule has 3 aromatic carbocycles. The highest BCUT2D eigenvalue weighted by Crippen LogP contribution is 2.46. The number of hydrogen-bond acceptors (Lipinski definition) is 9. The molecule has 2 N–H and O–H groups in total. The number of ether oxygens (including phenoxy) is 4. The molecular formula is C42H57N3O7Si. The first kappa shape index (κ1) is 40.1. The number of hydrogen-bond donors (Lipinski definition) is 2. The number of carbonyl (C=O) groups excluding carboxylic acids is 1. The van der Waals surface area contributed by atoms with Gasteiger partial charge in [-0.05, 0) is 79.1 Å². The van der Waals surface area contributed by atoms with Gasteiger partial charge < -0.3 is 33.8 Å². The van der Waals surface area contributed by atoms with Crippen molar-refractivity contribution in [1.82, 2.24) is 10.2 Å². The first-order valence-corrected chi connectivity index (χ1v) is 21.6. The molecule has 10 nitrogen and oxygen atoms in total. The number of unbranched alkanes of at least 4 members (excludes halogenated alkanes) is 1. The van der Waals surface area contributed by atoms with Gasteiger partial charge in [0.15, 0.2) is 5.75 Å². The predicted molar refractivity (Wildman–Crippen MR) is 209 cm³/mol. The second-order valence-corrected chi connectivity index (χ2v) is 20.4. The smallest absolute Gasteiger partial charge is 0.407 e. The predicted octanol–water partition coefficient (Wildman–Crippen LogP) is 7.60. The van der Waals surface area contributed by atoms with Crippen molar-refractivity contribution in [2.75, 3.05) is 47.1 Å². The molecule has 1 heterocycles. The molecule has 0 spiro atoms. The first-order chi connectivity index (χ1) is 25.3. The Bertz CT molecular complexity index is 1720. The summed E-state index contributed by atoms with van der Waals surface area (Å²) in [5.74, 6) is 1.74. The molecule has 0 radical (unpaired) electrons. The molecule has 0 aromatic heterocycles. The molecule has 1 fully saturated rings. The van der Waals surface area contributed by atoms with E-state index < -0.39 is 26.5 Å². The highest BCUT2D eigenvalue weighted by molar-refractivity contribution is 6.74. The van der Waals surface area contributed by atoms with Crippen LogP contribution in [-0.2, 0) is 15.9 Å². The minimum absolute atomic E-state index is 0.0594.